The molecule has 0 amide bonds. The van der Waals surface area contributed by atoms with Crippen molar-refractivity contribution in [2.24, 2.45) is 5.73 Å². The third kappa shape index (κ3) is 4.75. The number of rotatable bonds is 6. The summed E-state index contributed by atoms with van der Waals surface area (Å²) in [5.74, 6) is 0. The normalized spacial score (nSPS) is 13.5. The average molecular weight is 236 g/mol. The molecule has 0 aliphatic heterocycles. The van der Waals surface area contributed by atoms with Gasteiger partial charge in [0.2, 0.25) is 0 Å². The van der Waals surface area contributed by atoms with E-state index in [0.29, 0.717) is 6.54 Å². The van der Waals surface area contributed by atoms with Crippen LogP contribution in [0.25, 0.3) is 0 Å². The van der Waals surface area contributed by atoms with Crippen LogP contribution < -0.4 is 11.1 Å². The quantitative estimate of drug-likeness (QED) is 0.798. The zero-order chi connectivity index (χ0) is 12.9. The topological polar surface area (TPSA) is 47.3 Å². The first kappa shape index (κ1) is 14.0. The molecule has 0 aliphatic rings. The number of aryl methyl sites for hydroxylation is 1. The second kappa shape index (κ2) is 6.03. The van der Waals surface area contributed by atoms with Crippen molar-refractivity contribution >= 4 is 5.69 Å². The molecule has 0 aromatic heterocycles. The molecule has 0 saturated heterocycles. The number of hydrogen-bond acceptors (Lipinski definition) is 3. The van der Waals surface area contributed by atoms with Gasteiger partial charge in [-0.15, -0.1) is 0 Å². The van der Waals surface area contributed by atoms with Crippen molar-refractivity contribution in [1.29, 1.82) is 0 Å². The fourth-order valence-corrected chi connectivity index (χ4v) is 1.84. The average Bonchev–Trinajstić information content (AvgIpc) is 2.28. The maximum absolute atomic E-state index is 5.80. The van der Waals surface area contributed by atoms with Crippen LogP contribution in [0.3, 0.4) is 0 Å². The van der Waals surface area contributed by atoms with E-state index in [-0.39, 0.29) is 11.6 Å². The minimum atomic E-state index is -0.152. The van der Waals surface area contributed by atoms with Gasteiger partial charge < -0.3 is 15.8 Å². The molecule has 1 atom stereocenters. The van der Waals surface area contributed by atoms with Crippen LogP contribution in [0.5, 0.6) is 0 Å². The van der Waals surface area contributed by atoms with Crippen LogP contribution in [0.4, 0.5) is 5.69 Å². The lowest BCUT2D eigenvalue weighted by Gasteiger charge is -2.29. The van der Waals surface area contributed by atoms with Crippen molar-refractivity contribution in [3.63, 3.8) is 0 Å². The molecule has 0 spiro atoms. The summed E-state index contributed by atoms with van der Waals surface area (Å²) in [7, 11) is 1.74. The van der Waals surface area contributed by atoms with Gasteiger partial charge in [-0.25, -0.2) is 0 Å². The number of anilines is 1. The molecule has 0 heterocycles. The van der Waals surface area contributed by atoms with Crippen molar-refractivity contribution in [3.8, 4) is 0 Å². The summed E-state index contributed by atoms with van der Waals surface area (Å²) in [6.07, 6.45) is 0.883. The molecule has 96 valence electrons. The molecule has 3 heteroatoms. The fraction of sp³-hybridized carbons (Fsp3) is 0.571. The van der Waals surface area contributed by atoms with Gasteiger partial charge in [-0.05, 0) is 44.9 Å². The maximum atomic E-state index is 5.80. The van der Waals surface area contributed by atoms with Gasteiger partial charge in [0.25, 0.3) is 0 Å². The minimum Gasteiger partial charge on any atom is -0.381 e. The molecule has 1 aromatic rings. The third-order valence-corrected chi connectivity index (χ3v) is 2.96. The molecule has 0 radical (unpaired) electrons. The maximum Gasteiger partial charge on any atom is 0.0642 e. The van der Waals surface area contributed by atoms with Gasteiger partial charge in [-0.3, -0.25) is 0 Å². The van der Waals surface area contributed by atoms with E-state index in [1.54, 1.807) is 7.11 Å². The number of nitrogens with one attached hydrogen (secondary N) is 1. The van der Waals surface area contributed by atoms with Crippen molar-refractivity contribution in [2.75, 3.05) is 19.0 Å². The third-order valence-electron chi connectivity index (χ3n) is 2.96. The van der Waals surface area contributed by atoms with E-state index in [4.69, 9.17) is 10.5 Å². The van der Waals surface area contributed by atoms with Crippen molar-refractivity contribution in [3.05, 3.63) is 29.8 Å². The van der Waals surface area contributed by atoms with E-state index in [1.165, 1.54) is 5.56 Å². The van der Waals surface area contributed by atoms with Gasteiger partial charge in [0.15, 0.2) is 0 Å². The Morgan fingerprint density at radius 1 is 1.41 bits per heavy atom. The van der Waals surface area contributed by atoms with Crippen LogP contribution in [0, 0.1) is 6.92 Å². The number of ether oxygens (including phenoxy) is 1. The van der Waals surface area contributed by atoms with E-state index in [1.807, 2.05) is 6.07 Å². The molecular formula is C14H24N2O. The highest BCUT2D eigenvalue weighted by molar-refractivity contribution is 5.46. The van der Waals surface area contributed by atoms with Crippen LogP contribution in [0.15, 0.2) is 24.3 Å². The van der Waals surface area contributed by atoms with Crippen LogP contribution in [-0.4, -0.2) is 25.3 Å². The second-order valence-electron chi connectivity index (χ2n) is 5.11. The van der Waals surface area contributed by atoms with Crippen molar-refractivity contribution in [2.45, 2.75) is 38.8 Å². The molecule has 1 rings (SSSR count). The SMILES string of the molecule is COC(C)(C)CC(CN)Nc1cccc(C)c1. The summed E-state index contributed by atoms with van der Waals surface area (Å²) < 4.78 is 5.44. The Balaban J connectivity index is 2.64. The summed E-state index contributed by atoms with van der Waals surface area (Å²) in [4.78, 5) is 0. The zero-order valence-corrected chi connectivity index (χ0v) is 11.3. The van der Waals surface area contributed by atoms with Gasteiger partial charge in [-0.1, -0.05) is 12.1 Å². The van der Waals surface area contributed by atoms with Gasteiger partial charge in [0, 0.05) is 25.4 Å². The summed E-state index contributed by atoms with van der Waals surface area (Å²) in [6, 6.07) is 8.55. The lowest BCUT2D eigenvalue weighted by Crippen LogP contribution is -2.37. The van der Waals surface area contributed by atoms with E-state index in [9.17, 15) is 0 Å². The predicted molar refractivity (Wildman–Crippen MR) is 73.3 cm³/mol. The first-order valence-corrected chi connectivity index (χ1v) is 6.05. The Bertz CT molecular complexity index is 350. The highest BCUT2D eigenvalue weighted by atomic mass is 16.5. The number of hydrogen-bond donors (Lipinski definition) is 2. The molecule has 0 bridgehead atoms. The Morgan fingerprint density at radius 2 is 2.12 bits per heavy atom. The molecule has 1 aromatic carbocycles. The molecular weight excluding hydrogens is 212 g/mol. The monoisotopic (exact) mass is 236 g/mol. The van der Waals surface area contributed by atoms with Gasteiger partial charge in [-0.2, -0.15) is 0 Å². The highest BCUT2D eigenvalue weighted by Crippen LogP contribution is 2.19. The molecule has 17 heavy (non-hydrogen) atoms. The highest BCUT2D eigenvalue weighted by Gasteiger charge is 2.21. The summed E-state index contributed by atoms with van der Waals surface area (Å²) in [5.41, 5.74) is 8.02. The van der Waals surface area contributed by atoms with Gasteiger partial charge >= 0.3 is 0 Å². The summed E-state index contributed by atoms with van der Waals surface area (Å²) in [6.45, 7) is 6.84. The molecule has 0 fully saturated rings. The van der Waals surface area contributed by atoms with Crippen LogP contribution in [0.2, 0.25) is 0 Å². The van der Waals surface area contributed by atoms with Gasteiger partial charge in [0.1, 0.15) is 0 Å². The van der Waals surface area contributed by atoms with Crippen LogP contribution in [0.1, 0.15) is 25.8 Å². The van der Waals surface area contributed by atoms with E-state index in [2.05, 4.69) is 44.3 Å². The first-order chi connectivity index (χ1) is 7.96. The summed E-state index contributed by atoms with van der Waals surface area (Å²) >= 11 is 0. The first-order valence-electron chi connectivity index (χ1n) is 6.05. The molecule has 3 N–H and O–H groups in total. The second-order valence-corrected chi connectivity index (χ2v) is 5.11. The largest absolute Gasteiger partial charge is 0.381 e. The Hall–Kier alpha value is -1.06. The Labute approximate surface area is 104 Å². The van der Waals surface area contributed by atoms with Gasteiger partial charge in [0.05, 0.1) is 5.60 Å². The molecule has 1 unspecified atom stereocenters. The standard InChI is InChI=1S/C14H24N2O/c1-11-6-5-7-12(8-11)16-13(10-15)9-14(2,3)17-4/h5-8,13,16H,9-10,15H2,1-4H3. The fourth-order valence-electron chi connectivity index (χ4n) is 1.84. The Kier molecular flexibility index (Phi) is 4.97. The zero-order valence-electron chi connectivity index (χ0n) is 11.3. The lowest BCUT2D eigenvalue weighted by molar-refractivity contribution is 0.0122. The van der Waals surface area contributed by atoms with Crippen LogP contribution >= 0.6 is 0 Å². The molecule has 0 aliphatic carbocycles. The Morgan fingerprint density at radius 3 is 2.65 bits per heavy atom. The predicted octanol–water partition coefficient (Wildman–Crippen LogP) is 2.55. The number of nitrogens with two attached hydrogens (primary N) is 1. The van der Waals surface area contributed by atoms with Crippen molar-refractivity contribution < 1.29 is 4.74 Å². The summed E-state index contributed by atoms with van der Waals surface area (Å²) in [5, 5.41) is 3.45. The lowest BCUT2D eigenvalue weighted by atomic mass is 9.98. The van der Waals surface area contributed by atoms with Crippen molar-refractivity contribution in [1.82, 2.24) is 0 Å². The minimum absolute atomic E-state index is 0.152. The smallest absolute Gasteiger partial charge is 0.0642 e. The molecule has 0 saturated carbocycles. The molecule has 3 nitrogen and oxygen atoms in total. The van der Waals surface area contributed by atoms with E-state index < -0.39 is 0 Å². The van der Waals surface area contributed by atoms with Crippen LogP contribution in [-0.2, 0) is 4.74 Å². The van der Waals surface area contributed by atoms with E-state index >= 15 is 0 Å². The van der Waals surface area contributed by atoms with E-state index in [0.717, 1.165) is 12.1 Å². The number of benzene rings is 1. The number of methoxy groups -OCH3 is 1.